The maximum absolute atomic E-state index is 10.7. The first-order chi connectivity index (χ1) is 7.89. The van der Waals surface area contributed by atoms with Crippen LogP contribution in [0.5, 0.6) is 0 Å². The second-order valence-corrected chi connectivity index (χ2v) is 7.52. The van der Waals surface area contributed by atoms with E-state index in [0.717, 1.165) is 25.3 Å². The van der Waals surface area contributed by atoms with Crippen LogP contribution in [0.25, 0.3) is 0 Å². The van der Waals surface area contributed by atoms with Crippen LogP contribution >= 0.6 is 0 Å². The highest BCUT2D eigenvalue weighted by Gasteiger charge is 2.26. The van der Waals surface area contributed by atoms with E-state index < -0.39 is 0 Å². The summed E-state index contributed by atoms with van der Waals surface area (Å²) in [5.41, 5.74) is 10.7. The number of amides is 1. The molecule has 0 aromatic rings. The van der Waals surface area contributed by atoms with Crippen molar-refractivity contribution in [3.63, 3.8) is 0 Å². The minimum absolute atomic E-state index is 0.0318. The number of rotatable bonds is 5. The quantitative estimate of drug-likeness (QED) is 0.794. The highest BCUT2D eigenvalue weighted by molar-refractivity contribution is 5.74. The van der Waals surface area contributed by atoms with Crippen LogP contribution in [0.3, 0.4) is 0 Å². The highest BCUT2D eigenvalue weighted by atomic mass is 16.1. The third-order valence-electron chi connectivity index (χ3n) is 2.41. The minimum Gasteiger partial charge on any atom is -0.370 e. The SMILES string of the molecule is CC(C)(C)CC(C)(C)CC(N)=O.CC(C)CCN. The summed E-state index contributed by atoms with van der Waals surface area (Å²) in [4.78, 5) is 10.7. The molecular weight excluding hydrogens is 224 g/mol. The highest BCUT2D eigenvalue weighted by Crippen LogP contribution is 2.35. The Morgan fingerprint density at radius 1 is 1.11 bits per heavy atom. The maximum Gasteiger partial charge on any atom is 0.217 e. The molecular formula is C15H34N2O. The van der Waals surface area contributed by atoms with E-state index in [2.05, 4.69) is 48.5 Å². The Morgan fingerprint density at radius 3 is 1.72 bits per heavy atom. The molecule has 0 aromatic carbocycles. The van der Waals surface area contributed by atoms with Gasteiger partial charge in [-0.25, -0.2) is 0 Å². The van der Waals surface area contributed by atoms with E-state index in [0.29, 0.717) is 6.42 Å². The molecule has 4 N–H and O–H groups in total. The summed E-state index contributed by atoms with van der Waals surface area (Å²) in [7, 11) is 0. The van der Waals surface area contributed by atoms with Crippen LogP contribution in [-0.4, -0.2) is 12.5 Å². The first-order valence-corrected chi connectivity index (χ1v) is 6.88. The Hall–Kier alpha value is -0.570. The lowest BCUT2D eigenvalue weighted by molar-refractivity contribution is -0.120. The fourth-order valence-corrected chi connectivity index (χ4v) is 2.30. The van der Waals surface area contributed by atoms with E-state index in [-0.39, 0.29) is 16.7 Å². The van der Waals surface area contributed by atoms with Gasteiger partial charge in [-0.15, -0.1) is 0 Å². The third-order valence-corrected chi connectivity index (χ3v) is 2.41. The zero-order chi connectivity index (χ0) is 15.0. The lowest BCUT2D eigenvalue weighted by Crippen LogP contribution is -2.26. The summed E-state index contributed by atoms with van der Waals surface area (Å²) in [6.07, 6.45) is 2.65. The van der Waals surface area contributed by atoms with Crippen LogP contribution in [0.1, 0.15) is 67.7 Å². The van der Waals surface area contributed by atoms with E-state index in [9.17, 15) is 4.79 Å². The van der Waals surface area contributed by atoms with E-state index in [1.54, 1.807) is 0 Å². The first kappa shape index (κ1) is 19.8. The molecule has 0 radical (unpaired) electrons. The second-order valence-electron chi connectivity index (χ2n) is 7.52. The molecule has 1 amide bonds. The molecule has 0 bridgehead atoms. The van der Waals surface area contributed by atoms with E-state index in [4.69, 9.17) is 11.5 Å². The summed E-state index contributed by atoms with van der Waals surface area (Å²) in [5.74, 6) is 0.569. The average molecular weight is 258 g/mol. The molecule has 0 unspecified atom stereocenters. The molecule has 3 heteroatoms. The first-order valence-electron chi connectivity index (χ1n) is 6.88. The van der Waals surface area contributed by atoms with Gasteiger partial charge in [0.2, 0.25) is 5.91 Å². The Morgan fingerprint density at radius 2 is 1.56 bits per heavy atom. The molecule has 0 fully saturated rings. The number of hydrogen-bond donors (Lipinski definition) is 2. The number of nitrogens with two attached hydrogens (primary N) is 2. The third kappa shape index (κ3) is 17.8. The smallest absolute Gasteiger partial charge is 0.217 e. The van der Waals surface area contributed by atoms with E-state index >= 15 is 0 Å². The Kier molecular flexibility index (Phi) is 9.35. The molecule has 0 aliphatic rings. The van der Waals surface area contributed by atoms with Gasteiger partial charge >= 0.3 is 0 Å². The summed E-state index contributed by atoms with van der Waals surface area (Å²) in [5, 5.41) is 0. The second kappa shape index (κ2) is 8.52. The normalized spacial score (nSPS) is 12.1. The van der Waals surface area contributed by atoms with E-state index in [1.165, 1.54) is 0 Å². The van der Waals surface area contributed by atoms with Gasteiger partial charge in [-0.2, -0.15) is 0 Å². The molecule has 0 spiro atoms. The standard InChI is InChI=1S/C10H21NO.C5H13N/c1-9(2,3)7-10(4,5)6-8(11)12;1-5(2)3-4-6/h6-7H2,1-5H3,(H2,11,12);5H,3-4,6H2,1-2H3. The van der Waals surface area contributed by atoms with Crippen LogP contribution in [0, 0.1) is 16.7 Å². The van der Waals surface area contributed by atoms with Gasteiger partial charge in [-0.05, 0) is 36.1 Å². The van der Waals surface area contributed by atoms with Gasteiger partial charge in [0, 0.05) is 6.42 Å². The molecule has 0 saturated heterocycles. The van der Waals surface area contributed by atoms with Gasteiger partial charge in [0.25, 0.3) is 0 Å². The van der Waals surface area contributed by atoms with Gasteiger partial charge in [-0.1, -0.05) is 48.5 Å². The fraction of sp³-hybridized carbons (Fsp3) is 0.933. The summed E-state index contributed by atoms with van der Waals surface area (Å²) in [6, 6.07) is 0. The molecule has 3 nitrogen and oxygen atoms in total. The van der Waals surface area contributed by atoms with Gasteiger partial charge in [-0.3, -0.25) is 4.79 Å². The van der Waals surface area contributed by atoms with Crippen molar-refractivity contribution >= 4 is 5.91 Å². The molecule has 0 aliphatic carbocycles. The molecule has 0 aromatic heterocycles. The fourth-order valence-electron chi connectivity index (χ4n) is 2.30. The molecule has 0 saturated carbocycles. The van der Waals surface area contributed by atoms with Crippen molar-refractivity contribution in [1.29, 1.82) is 0 Å². The van der Waals surface area contributed by atoms with Crippen molar-refractivity contribution in [2.75, 3.05) is 6.54 Å². The molecule has 0 aliphatic heterocycles. The summed E-state index contributed by atoms with van der Waals surface area (Å²) in [6.45, 7) is 15.9. The average Bonchev–Trinajstić information content (AvgIpc) is 1.95. The summed E-state index contributed by atoms with van der Waals surface area (Å²) >= 11 is 0. The predicted octanol–water partition coefficient (Wildman–Crippen LogP) is 3.32. The van der Waals surface area contributed by atoms with Crippen molar-refractivity contribution in [2.45, 2.75) is 67.7 Å². The van der Waals surface area contributed by atoms with Crippen molar-refractivity contribution in [3.05, 3.63) is 0 Å². The van der Waals surface area contributed by atoms with Gasteiger partial charge in [0.05, 0.1) is 0 Å². The summed E-state index contributed by atoms with van der Waals surface area (Å²) < 4.78 is 0. The minimum atomic E-state index is -0.204. The topological polar surface area (TPSA) is 69.1 Å². The number of hydrogen-bond acceptors (Lipinski definition) is 2. The zero-order valence-corrected chi connectivity index (χ0v) is 13.5. The lowest BCUT2D eigenvalue weighted by atomic mass is 9.74. The predicted molar refractivity (Wildman–Crippen MR) is 80.2 cm³/mol. The molecule has 0 heterocycles. The molecule has 110 valence electrons. The number of carbonyl (C=O) groups excluding carboxylic acids is 1. The van der Waals surface area contributed by atoms with Crippen LogP contribution in [-0.2, 0) is 4.79 Å². The number of primary amides is 1. The molecule has 0 rings (SSSR count). The van der Waals surface area contributed by atoms with Crippen LogP contribution in [0.2, 0.25) is 0 Å². The van der Waals surface area contributed by atoms with Crippen molar-refractivity contribution in [2.24, 2.45) is 28.2 Å². The van der Waals surface area contributed by atoms with Gasteiger partial charge in [0.1, 0.15) is 0 Å². The Balaban J connectivity index is 0. The van der Waals surface area contributed by atoms with Gasteiger partial charge in [0.15, 0.2) is 0 Å². The Labute approximate surface area is 114 Å². The van der Waals surface area contributed by atoms with Crippen molar-refractivity contribution < 1.29 is 4.79 Å². The zero-order valence-electron chi connectivity index (χ0n) is 13.5. The van der Waals surface area contributed by atoms with Crippen LogP contribution < -0.4 is 11.5 Å². The Bertz CT molecular complexity index is 227. The monoisotopic (exact) mass is 258 g/mol. The van der Waals surface area contributed by atoms with Crippen molar-refractivity contribution in [3.8, 4) is 0 Å². The maximum atomic E-state index is 10.7. The van der Waals surface area contributed by atoms with Crippen LogP contribution in [0.4, 0.5) is 0 Å². The van der Waals surface area contributed by atoms with Gasteiger partial charge < -0.3 is 11.5 Å². The van der Waals surface area contributed by atoms with Crippen LogP contribution in [0.15, 0.2) is 0 Å². The number of carbonyl (C=O) groups is 1. The largest absolute Gasteiger partial charge is 0.370 e. The van der Waals surface area contributed by atoms with E-state index in [1.807, 2.05) is 0 Å². The van der Waals surface area contributed by atoms with Crippen molar-refractivity contribution in [1.82, 2.24) is 0 Å². The molecule has 18 heavy (non-hydrogen) atoms. The molecule has 0 atom stereocenters. The lowest BCUT2D eigenvalue weighted by Gasteiger charge is -2.31.